The Labute approximate surface area is 124 Å². The summed E-state index contributed by atoms with van der Waals surface area (Å²) < 4.78 is 0. The molecule has 5 nitrogen and oxygen atoms in total. The molecule has 1 saturated carbocycles. The van der Waals surface area contributed by atoms with Gasteiger partial charge in [0.25, 0.3) is 0 Å². The van der Waals surface area contributed by atoms with Crippen LogP contribution >= 0.6 is 0 Å². The molecular formula is C16H20N2O3. The fraction of sp³-hybridized carbons (Fsp3) is 0.562. The van der Waals surface area contributed by atoms with Gasteiger partial charge < -0.3 is 10.0 Å². The zero-order chi connectivity index (χ0) is 15.2. The molecule has 0 aromatic carbocycles. The molecule has 1 aromatic heterocycles. The lowest BCUT2D eigenvalue weighted by atomic mass is 10.1. The molecule has 3 atom stereocenters. The standard InChI is InChI=1S/C16H20N2O3/c1-16(2)12(13(16)15(20)21)14(19)18-8-4-6-11(18)10-5-3-7-17-9-10/h3,5,7,9,11-13H,4,6,8H2,1-2H3,(H,20,21)/t11?,12-,13+/m1/s1. The summed E-state index contributed by atoms with van der Waals surface area (Å²) in [6.07, 6.45) is 5.39. The molecule has 2 aliphatic rings. The van der Waals surface area contributed by atoms with Crippen molar-refractivity contribution in [1.82, 2.24) is 9.88 Å². The first-order valence-electron chi connectivity index (χ1n) is 7.38. The first-order chi connectivity index (χ1) is 9.94. The summed E-state index contributed by atoms with van der Waals surface area (Å²) in [6, 6.07) is 3.89. The third-order valence-electron chi connectivity index (χ3n) is 4.96. The monoisotopic (exact) mass is 288 g/mol. The number of aromatic nitrogens is 1. The minimum absolute atomic E-state index is 0.0150. The molecule has 2 fully saturated rings. The maximum absolute atomic E-state index is 12.8. The lowest BCUT2D eigenvalue weighted by Gasteiger charge is -2.25. The van der Waals surface area contributed by atoms with E-state index in [2.05, 4.69) is 4.98 Å². The van der Waals surface area contributed by atoms with Crippen LogP contribution in [0.25, 0.3) is 0 Å². The molecule has 112 valence electrons. The van der Waals surface area contributed by atoms with Gasteiger partial charge in [-0.1, -0.05) is 19.9 Å². The average molecular weight is 288 g/mol. The Hall–Kier alpha value is -1.91. The smallest absolute Gasteiger partial charge is 0.307 e. The second kappa shape index (κ2) is 4.83. The third kappa shape index (κ3) is 2.20. The second-order valence-corrected chi connectivity index (χ2v) is 6.59. The number of hydrogen-bond donors (Lipinski definition) is 1. The lowest BCUT2D eigenvalue weighted by molar-refractivity contribution is -0.142. The van der Waals surface area contributed by atoms with Gasteiger partial charge in [0.1, 0.15) is 0 Å². The summed E-state index contributed by atoms with van der Waals surface area (Å²) >= 11 is 0. The average Bonchev–Trinajstić information content (AvgIpc) is 2.84. The van der Waals surface area contributed by atoms with Crippen molar-refractivity contribution >= 4 is 11.9 Å². The Morgan fingerprint density at radius 2 is 2.14 bits per heavy atom. The van der Waals surface area contributed by atoms with E-state index in [0.717, 1.165) is 18.4 Å². The van der Waals surface area contributed by atoms with Gasteiger partial charge in [0.2, 0.25) is 5.91 Å². The molecule has 0 radical (unpaired) electrons. The van der Waals surface area contributed by atoms with Gasteiger partial charge in [0.15, 0.2) is 0 Å². The van der Waals surface area contributed by atoms with Gasteiger partial charge >= 0.3 is 5.97 Å². The molecule has 1 unspecified atom stereocenters. The zero-order valence-electron chi connectivity index (χ0n) is 12.3. The predicted octanol–water partition coefficient (Wildman–Crippen LogP) is 2.10. The Bertz CT molecular complexity index is 570. The van der Waals surface area contributed by atoms with Gasteiger partial charge in [-0.15, -0.1) is 0 Å². The normalized spacial score (nSPS) is 30.2. The van der Waals surface area contributed by atoms with Crippen molar-refractivity contribution in [2.75, 3.05) is 6.54 Å². The molecule has 1 saturated heterocycles. The fourth-order valence-electron chi connectivity index (χ4n) is 3.69. The van der Waals surface area contributed by atoms with Gasteiger partial charge in [-0.05, 0) is 29.9 Å². The number of carboxylic acids is 1. The maximum Gasteiger partial charge on any atom is 0.307 e. The number of rotatable bonds is 3. The van der Waals surface area contributed by atoms with Crippen LogP contribution in [0.2, 0.25) is 0 Å². The van der Waals surface area contributed by atoms with Crippen molar-refractivity contribution < 1.29 is 14.7 Å². The summed E-state index contributed by atoms with van der Waals surface area (Å²) in [5.74, 6) is -1.83. The predicted molar refractivity (Wildman–Crippen MR) is 76.3 cm³/mol. The minimum atomic E-state index is -0.865. The lowest BCUT2D eigenvalue weighted by Crippen LogP contribution is -2.33. The van der Waals surface area contributed by atoms with Crippen molar-refractivity contribution in [2.45, 2.75) is 32.7 Å². The van der Waals surface area contributed by atoms with Crippen molar-refractivity contribution in [2.24, 2.45) is 17.3 Å². The van der Waals surface area contributed by atoms with E-state index in [-0.39, 0.29) is 11.9 Å². The largest absolute Gasteiger partial charge is 0.481 e. The molecule has 3 rings (SSSR count). The van der Waals surface area contributed by atoms with Crippen LogP contribution in [0.15, 0.2) is 24.5 Å². The summed E-state index contributed by atoms with van der Waals surface area (Å²) in [6.45, 7) is 4.43. The second-order valence-electron chi connectivity index (χ2n) is 6.59. The van der Waals surface area contributed by atoms with Gasteiger partial charge in [0.05, 0.1) is 17.9 Å². The molecule has 5 heteroatoms. The van der Waals surface area contributed by atoms with E-state index in [4.69, 9.17) is 0 Å². The highest BCUT2D eigenvalue weighted by atomic mass is 16.4. The van der Waals surface area contributed by atoms with Crippen LogP contribution in [0.3, 0.4) is 0 Å². The summed E-state index contributed by atoms with van der Waals surface area (Å²) in [4.78, 5) is 30.0. The van der Waals surface area contributed by atoms with Gasteiger partial charge in [0, 0.05) is 18.9 Å². The van der Waals surface area contributed by atoms with E-state index in [0.29, 0.717) is 6.54 Å². The number of carbonyl (C=O) groups is 2. The molecule has 0 bridgehead atoms. The van der Waals surface area contributed by atoms with Crippen LogP contribution in [0.4, 0.5) is 0 Å². The fourth-order valence-corrected chi connectivity index (χ4v) is 3.69. The number of aliphatic carboxylic acids is 1. The van der Waals surface area contributed by atoms with Crippen LogP contribution in [0, 0.1) is 17.3 Å². The Kier molecular flexibility index (Phi) is 3.23. The number of amides is 1. The molecule has 1 amide bonds. The zero-order valence-corrected chi connectivity index (χ0v) is 12.3. The van der Waals surface area contributed by atoms with Crippen LogP contribution in [-0.2, 0) is 9.59 Å². The highest BCUT2D eigenvalue weighted by molar-refractivity contribution is 5.92. The van der Waals surface area contributed by atoms with E-state index >= 15 is 0 Å². The summed E-state index contributed by atoms with van der Waals surface area (Å²) in [5.41, 5.74) is 0.596. The third-order valence-corrected chi connectivity index (χ3v) is 4.96. The first-order valence-corrected chi connectivity index (χ1v) is 7.38. The SMILES string of the molecule is CC1(C)[C@H](C(=O)O)[C@@H]1C(=O)N1CCCC1c1cccnc1. The van der Waals surface area contributed by atoms with E-state index in [9.17, 15) is 14.7 Å². The number of nitrogens with zero attached hydrogens (tertiary/aromatic N) is 2. The molecule has 1 aliphatic carbocycles. The number of likely N-dealkylation sites (tertiary alicyclic amines) is 1. The summed E-state index contributed by atoms with van der Waals surface area (Å²) in [7, 11) is 0. The van der Waals surface area contributed by atoms with Crippen molar-refractivity contribution in [3.05, 3.63) is 30.1 Å². The number of hydrogen-bond acceptors (Lipinski definition) is 3. The quantitative estimate of drug-likeness (QED) is 0.924. The molecule has 1 N–H and O–H groups in total. The topological polar surface area (TPSA) is 70.5 Å². The molecule has 21 heavy (non-hydrogen) atoms. The summed E-state index contributed by atoms with van der Waals surface area (Å²) in [5, 5.41) is 9.25. The Balaban J connectivity index is 1.81. The van der Waals surface area contributed by atoms with Crippen LogP contribution in [0.5, 0.6) is 0 Å². The van der Waals surface area contributed by atoms with E-state index in [1.165, 1.54) is 0 Å². The molecule has 2 heterocycles. The van der Waals surface area contributed by atoms with Crippen LogP contribution in [-0.4, -0.2) is 33.4 Å². The van der Waals surface area contributed by atoms with Gasteiger partial charge in [-0.25, -0.2) is 0 Å². The van der Waals surface area contributed by atoms with Gasteiger partial charge in [-0.3, -0.25) is 14.6 Å². The van der Waals surface area contributed by atoms with E-state index < -0.39 is 23.2 Å². The highest BCUT2D eigenvalue weighted by Crippen LogP contribution is 2.59. The number of carbonyl (C=O) groups excluding carboxylic acids is 1. The Morgan fingerprint density at radius 3 is 2.71 bits per heavy atom. The van der Waals surface area contributed by atoms with Crippen molar-refractivity contribution in [1.29, 1.82) is 0 Å². The van der Waals surface area contributed by atoms with Crippen molar-refractivity contribution in [3.8, 4) is 0 Å². The Morgan fingerprint density at radius 1 is 1.38 bits per heavy atom. The van der Waals surface area contributed by atoms with Crippen LogP contribution < -0.4 is 0 Å². The first kappa shape index (κ1) is 14.0. The van der Waals surface area contributed by atoms with Crippen LogP contribution in [0.1, 0.15) is 38.3 Å². The molecule has 1 aliphatic heterocycles. The highest BCUT2D eigenvalue weighted by Gasteiger charge is 2.67. The molecule has 1 aromatic rings. The minimum Gasteiger partial charge on any atom is -0.481 e. The van der Waals surface area contributed by atoms with Crippen molar-refractivity contribution in [3.63, 3.8) is 0 Å². The maximum atomic E-state index is 12.8. The number of pyridine rings is 1. The van der Waals surface area contributed by atoms with E-state index in [1.807, 2.05) is 30.9 Å². The van der Waals surface area contributed by atoms with E-state index in [1.54, 1.807) is 12.4 Å². The molecule has 0 spiro atoms. The molecular weight excluding hydrogens is 268 g/mol. The number of carboxylic acid groups (broad SMARTS) is 1. The van der Waals surface area contributed by atoms with Gasteiger partial charge in [-0.2, -0.15) is 0 Å².